The van der Waals surface area contributed by atoms with E-state index in [4.69, 9.17) is 4.74 Å². The van der Waals surface area contributed by atoms with Crippen molar-refractivity contribution < 1.29 is 9.53 Å². The summed E-state index contributed by atoms with van der Waals surface area (Å²) in [6, 6.07) is 9.69. The van der Waals surface area contributed by atoms with Gasteiger partial charge < -0.3 is 10.1 Å². The third-order valence-corrected chi connectivity index (χ3v) is 4.20. The Bertz CT molecular complexity index is 633. The van der Waals surface area contributed by atoms with E-state index in [1.165, 1.54) is 12.8 Å². The van der Waals surface area contributed by atoms with Crippen LogP contribution in [0.3, 0.4) is 0 Å². The standard InChI is InChI=1S/C18H23N3O2/c1-2-21-13-15(12-19-21)20-18(22)17(14-8-4-3-5-9-14)23-16-10-6-7-11-16/h3-5,8-9,12-13,16-17H,2,6-7,10-11H2,1H3,(H,20,22)/t17-/m1/s1. The fourth-order valence-electron chi connectivity index (χ4n) is 2.95. The summed E-state index contributed by atoms with van der Waals surface area (Å²) in [6.45, 7) is 2.78. The van der Waals surface area contributed by atoms with Gasteiger partial charge in [-0.15, -0.1) is 0 Å². The van der Waals surface area contributed by atoms with Crippen LogP contribution in [0.5, 0.6) is 0 Å². The molecule has 0 spiro atoms. The summed E-state index contributed by atoms with van der Waals surface area (Å²) in [5.41, 5.74) is 1.59. The number of rotatable bonds is 6. The Hall–Kier alpha value is -2.14. The summed E-state index contributed by atoms with van der Waals surface area (Å²) in [6.07, 6.45) is 7.51. The van der Waals surface area contributed by atoms with Crippen molar-refractivity contribution in [2.75, 3.05) is 5.32 Å². The number of nitrogens with one attached hydrogen (secondary N) is 1. The molecule has 0 radical (unpaired) electrons. The Balaban J connectivity index is 1.74. The molecule has 5 heteroatoms. The maximum atomic E-state index is 12.7. The average Bonchev–Trinajstić information content (AvgIpc) is 3.24. The number of ether oxygens (including phenoxy) is 1. The lowest BCUT2D eigenvalue weighted by Gasteiger charge is -2.21. The Kier molecular flexibility index (Phi) is 5.08. The monoisotopic (exact) mass is 313 g/mol. The van der Waals surface area contributed by atoms with E-state index < -0.39 is 6.10 Å². The number of amides is 1. The number of carbonyl (C=O) groups excluding carboxylic acids is 1. The van der Waals surface area contributed by atoms with Crippen molar-refractivity contribution in [1.82, 2.24) is 9.78 Å². The molecule has 0 unspecified atom stereocenters. The van der Waals surface area contributed by atoms with Gasteiger partial charge in [-0.05, 0) is 25.3 Å². The van der Waals surface area contributed by atoms with E-state index in [1.54, 1.807) is 10.9 Å². The van der Waals surface area contributed by atoms with Crippen LogP contribution in [-0.4, -0.2) is 21.8 Å². The molecule has 122 valence electrons. The van der Waals surface area contributed by atoms with Gasteiger partial charge in [-0.1, -0.05) is 43.2 Å². The molecule has 1 aliphatic rings. The van der Waals surface area contributed by atoms with Gasteiger partial charge in [0.05, 0.1) is 18.0 Å². The number of aryl methyl sites for hydroxylation is 1. The van der Waals surface area contributed by atoms with Gasteiger partial charge >= 0.3 is 0 Å². The van der Waals surface area contributed by atoms with E-state index in [1.807, 2.05) is 43.5 Å². The predicted octanol–water partition coefficient (Wildman–Crippen LogP) is 3.54. The molecule has 2 aromatic rings. The summed E-state index contributed by atoms with van der Waals surface area (Å²) in [5.74, 6) is -0.140. The van der Waals surface area contributed by atoms with Crippen molar-refractivity contribution in [1.29, 1.82) is 0 Å². The molecule has 1 aliphatic carbocycles. The predicted molar refractivity (Wildman–Crippen MR) is 89.1 cm³/mol. The maximum Gasteiger partial charge on any atom is 0.258 e. The van der Waals surface area contributed by atoms with Crippen molar-refractivity contribution in [3.05, 3.63) is 48.3 Å². The molecule has 23 heavy (non-hydrogen) atoms. The highest BCUT2D eigenvalue weighted by Crippen LogP contribution is 2.28. The quantitative estimate of drug-likeness (QED) is 0.887. The van der Waals surface area contributed by atoms with Gasteiger partial charge in [0, 0.05) is 12.7 Å². The number of hydrogen-bond donors (Lipinski definition) is 1. The highest BCUT2D eigenvalue weighted by Gasteiger charge is 2.27. The number of hydrogen-bond acceptors (Lipinski definition) is 3. The van der Waals surface area contributed by atoms with Crippen molar-refractivity contribution in [3.8, 4) is 0 Å². The molecule has 0 bridgehead atoms. The van der Waals surface area contributed by atoms with E-state index in [-0.39, 0.29) is 12.0 Å². The van der Waals surface area contributed by atoms with Gasteiger partial charge in [-0.25, -0.2) is 0 Å². The first-order valence-corrected chi connectivity index (χ1v) is 8.30. The SMILES string of the molecule is CCn1cc(NC(=O)[C@H](OC2CCCC2)c2ccccc2)cn1. The highest BCUT2D eigenvalue weighted by atomic mass is 16.5. The van der Waals surface area contributed by atoms with Gasteiger partial charge in [0.1, 0.15) is 0 Å². The molecular weight excluding hydrogens is 290 g/mol. The third-order valence-electron chi connectivity index (χ3n) is 4.20. The third kappa shape index (κ3) is 3.99. The zero-order valence-electron chi connectivity index (χ0n) is 13.4. The molecule has 1 fully saturated rings. The van der Waals surface area contributed by atoms with Crippen molar-refractivity contribution in [2.45, 2.75) is 51.4 Å². The normalized spacial score (nSPS) is 16.4. The zero-order chi connectivity index (χ0) is 16.1. The van der Waals surface area contributed by atoms with Crippen molar-refractivity contribution in [2.24, 2.45) is 0 Å². The Morgan fingerprint density at radius 1 is 1.35 bits per heavy atom. The smallest absolute Gasteiger partial charge is 0.258 e. The molecule has 1 atom stereocenters. The summed E-state index contributed by atoms with van der Waals surface area (Å²) in [5, 5.41) is 7.11. The number of carbonyl (C=O) groups is 1. The Morgan fingerprint density at radius 2 is 2.09 bits per heavy atom. The molecule has 5 nitrogen and oxygen atoms in total. The Morgan fingerprint density at radius 3 is 2.74 bits per heavy atom. The first-order valence-electron chi connectivity index (χ1n) is 8.30. The summed E-state index contributed by atoms with van der Waals surface area (Å²) in [7, 11) is 0. The highest BCUT2D eigenvalue weighted by molar-refractivity contribution is 5.94. The molecule has 0 aliphatic heterocycles. The van der Waals surface area contributed by atoms with Crippen LogP contribution in [-0.2, 0) is 16.1 Å². The first-order chi connectivity index (χ1) is 11.3. The summed E-state index contributed by atoms with van der Waals surface area (Å²) in [4.78, 5) is 12.7. The van der Waals surface area contributed by atoms with Crippen LogP contribution in [0.2, 0.25) is 0 Å². The Labute approximate surface area is 136 Å². The maximum absolute atomic E-state index is 12.7. The van der Waals surface area contributed by atoms with Crippen LogP contribution < -0.4 is 5.32 Å². The van der Waals surface area contributed by atoms with Crippen LogP contribution in [0, 0.1) is 0 Å². The van der Waals surface area contributed by atoms with Crippen LogP contribution >= 0.6 is 0 Å². The number of aromatic nitrogens is 2. The van der Waals surface area contributed by atoms with Crippen molar-refractivity contribution >= 4 is 11.6 Å². The molecule has 3 rings (SSSR count). The zero-order valence-corrected chi connectivity index (χ0v) is 13.4. The lowest BCUT2D eigenvalue weighted by atomic mass is 10.1. The molecule has 0 saturated heterocycles. The second kappa shape index (κ2) is 7.42. The second-order valence-electron chi connectivity index (χ2n) is 5.91. The van der Waals surface area contributed by atoms with E-state index >= 15 is 0 Å². The van der Waals surface area contributed by atoms with Gasteiger partial charge in [-0.3, -0.25) is 9.48 Å². The van der Waals surface area contributed by atoms with Gasteiger partial charge in [-0.2, -0.15) is 5.10 Å². The summed E-state index contributed by atoms with van der Waals surface area (Å²) >= 11 is 0. The molecule has 1 N–H and O–H groups in total. The number of anilines is 1. The van der Waals surface area contributed by atoms with E-state index in [2.05, 4.69) is 10.4 Å². The van der Waals surface area contributed by atoms with Crippen LogP contribution in [0.4, 0.5) is 5.69 Å². The molecule has 1 saturated carbocycles. The lowest BCUT2D eigenvalue weighted by molar-refractivity contribution is -0.131. The minimum absolute atomic E-state index is 0.140. The van der Waals surface area contributed by atoms with E-state index in [9.17, 15) is 4.79 Å². The van der Waals surface area contributed by atoms with Gasteiger partial charge in [0.2, 0.25) is 0 Å². The van der Waals surface area contributed by atoms with Gasteiger partial charge in [0.25, 0.3) is 5.91 Å². The minimum Gasteiger partial charge on any atom is -0.360 e. The number of nitrogens with zero attached hydrogens (tertiary/aromatic N) is 2. The fraction of sp³-hybridized carbons (Fsp3) is 0.444. The largest absolute Gasteiger partial charge is 0.360 e. The topological polar surface area (TPSA) is 56.2 Å². The van der Waals surface area contributed by atoms with E-state index in [0.717, 1.165) is 24.9 Å². The molecule has 1 heterocycles. The minimum atomic E-state index is -0.579. The molecule has 1 aromatic heterocycles. The van der Waals surface area contributed by atoms with E-state index in [0.29, 0.717) is 5.69 Å². The average molecular weight is 313 g/mol. The van der Waals surface area contributed by atoms with Crippen LogP contribution in [0.15, 0.2) is 42.7 Å². The fourth-order valence-corrected chi connectivity index (χ4v) is 2.95. The second-order valence-corrected chi connectivity index (χ2v) is 5.91. The van der Waals surface area contributed by atoms with Gasteiger partial charge in [0.15, 0.2) is 6.10 Å². The summed E-state index contributed by atoms with van der Waals surface area (Å²) < 4.78 is 7.91. The van der Waals surface area contributed by atoms with Crippen LogP contribution in [0.25, 0.3) is 0 Å². The first kappa shape index (κ1) is 15.7. The molecule has 1 amide bonds. The molecular formula is C18H23N3O2. The molecule has 1 aromatic carbocycles. The number of benzene rings is 1. The lowest BCUT2D eigenvalue weighted by Crippen LogP contribution is -2.26. The van der Waals surface area contributed by atoms with Crippen molar-refractivity contribution in [3.63, 3.8) is 0 Å². The van der Waals surface area contributed by atoms with Crippen LogP contribution in [0.1, 0.15) is 44.3 Å².